The minimum absolute atomic E-state index is 0.0559. The Morgan fingerprint density at radius 1 is 0.880 bits per heavy atom. The van der Waals surface area contributed by atoms with E-state index in [-0.39, 0.29) is 52.7 Å². The number of alkyl carbamates (subject to hydrolysis) is 3. The number of ether oxygens (including phenoxy) is 4. The van der Waals surface area contributed by atoms with Crippen LogP contribution >= 0.6 is 0 Å². The number of carbonyl (C=O) groups is 3. The Labute approximate surface area is 146 Å². The van der Waals surface area contributed by atoms with Crippen LogP contribution < -0.4 is 16.0 Å². The second kappa shape index (κ2) is 15.3. The Morgan fingerprint density at radius 3 is 1.92 bits per heavy atom. The van der Waals surface area contributed by atoms with Gasteiger partial charge in [0, 0.05) is 6.54 Å². The van der Waals surface area contributed by atoms with Gasteiger partial charge in [-0.2, -0.15) is 0 Å². The zero-order chi connectivity index (χ0) is 18.9. The molecule has 0 bridgehead atoms. The first kappa shape index (κ1) is 22.7. The first-order valence-corrected chi connectivity index (χ1v) is 7.97. The predicted octanol–water partition coefficient (Wildman–Crippen LogP) is -0.418. The Hall–Kier alpha value is -2.27. The molecule has 0 aliphatic carbocycles. The van der Waals surface area contributed by atoms with Crippen LogP contribution in [0.1, 0.15) is 13.8 Å². The van der Waals surface area contributed by atoms with E-state index in [1.807, 2.05) is 0 Å². The van der Waals surface area contributed by atoms with Gasteiger partial charge in [-0.15, -0.1) is 0 Å². The topological polar surface area (TPSA) is 144 Å². The number of aliphatic hydroxyl groups is 1. The van der Waals surface area contributed by atoms with Gasteiger partial charge in [-0.3, -0.25) is 0 Å². The third-order valence-electron chi connectivity index (χ3n) is 2.52. The summed E-state index contributed by atoms with van der Waals surface area (Å²) in [6.45, 7) is 4.06. The van der Waals surface area contributed by atoms with Crippen LogP contribution in [0.4, 0.5) is 14.4 Å². The van der Waals surface area contributed by atoms with Crippen molar-refractivity contribution in [2.75, 3.05) is 52.7 Å². The van der Waals surface area contributed by atoms with Gasteiger partial charge in [0.1, 0.15) is 6.10 Å². The van der Waals surface area contributed by atoms with Crippen LogP contribution in [0, 0.1) is 0 Å². The van der Waals surface area contributed by atoms with E-state index in [2.05, 4.69) is 16.0 Å². The molecule has 0 radical (unpaired) electrons. The molecule has 0 aromatic rings. The van der Waals surface area contributed by atoms with Gasteiger partial charge in [0.15, 0.2) is 0 Å². The summed E-state index contributed by atoms with van der Waals surface area (Å²) in [5, 5.41) is 15.8. The van der Waals surface area contributed by atoms with E-state index in [1.54, 1.807) is 13.8 Å². The molecule has 3 amide bonds. The zero-order valence-electron chi connectivity index (χ0n) is 14.5. The highest BCUT2D eigenvalue weighted by molar-refractivity contribution is 5.69. The number of rotatable bonds is 12. The Bertz CT molecular complexity index is 372. The van der Waals surface area contributed by atoms with Crippen LogP contribution in [0.2, 0.25) is 0 Å². The molecule has 11 nitrogen and oxygen atoms in total. The van der Waals surface area contributed by atoms with E-state index in [0.29, 0.717) is 0 Å². The molecular weight excluding hydrogens is 338 g/mol. The average molecular weight is 365 g/mol. The summed E-state index contributed by atoms with van der Waals surface area (Å²) in [4.78, 5) is 34.3. The largest absolute Gasteiger partial charge is 0.450 e. The smallest absolute Gasteiger partial charge is 0.407 e. The van der Waals surface area contributed by atoms with Crippen molar-refractivity contribution in [2.24, 2.45) is 0 Å². The van der Waals surface area contributed by atoms with Crippen molar-refractivity contribution in [3.8, 4) is 0 Å². The van der Waals surface area contributed by atoms with Gasteiger partial charge in [0.2, 0.25) is 0 Å². The number of amides is 3. The Balaban J connectivity index is 4.27. The van der Waals surface area contributed by atoms with E-state index in [1.165, 1.54) is 0 Å². The molecule has 0 rings (SSSR count). The van der Waals surface area contributed by atoms with Crippen LogP contribution in [0.25, 0.3) is 0 Å². The fraction of sp³-hybridized carbons (Fsp3) is 0.786. The van der Waals surface area contributed by atoms with E-state index in [4.69, 9.17) is 24.1 Å². The quantitative estimate of drug-likeness (QED) is 0.270. The summed E-state index contributed by atoms with van der Waals surface area (Å²) in [5.74, 6) is 0. The SMILES string of the molecule is CCOC(=O)NCC(CNC(=O)OCC)OC(=O)NCCOCCO. The van der Waals surface area contributed by atoms with Crippen LogP contribution in [-0.4, -0.2) is 82.2 Å². The monoisotopic (exact) mass is 365 g/mol. The van der Waals surface area contributed by atoms with Gasteiger partial charge in [-0.25, -0.2) is 14.4 Å². The summed E-state index contributed by atoms with van der Waals surface area (Å²) in [5.41, 5.74) is 0. The lowest BCUT2D eigenvalue weighted by Gasteiger charge is -2.19. The van der Waals surface area contributed by atoms with Gasteiger partial charge >= 0.3 is 18.3 Å². The second-order valence-corrected chi connectivity index (χ2v) is 4.49. The highest BCUT2D eigenvalue weighted by atomic mass is 16.6. The van der Waals surface area contributed by atoms with Gasteiger partial charge < -0.3 is 40.0 Å². The van der Waals surface area contributed by atoms with E-state index in [9.17, 15) is 14.4 Å². The second-order valence-electron chi connectivity index (χ2n) is 4.49. The average Bonchev–Trinajstić information content (AvgIpc) is 2.57. The molecule has 0 aliphatic heterocycles. The molecule has 25 heavy (non-hydrogen) atoms. The molecule has 11 heteroatoms. The molecule has 0 saturated carbocycles. The van der Waals surface area contributed by atoms with Gasteiger partial charge in [0.05, 0.1) is 46.1 Å². The molecule has 0 aliphatic rings. The summed E-state index contributed by atoms with van der Waals surface area (Å²) < 4.78 is 19.5. The summed E-state index contributed by atoms with van der Waals surface area (Å²) in [7, 11) is 0. The molecule has 0 unspecified atom stereocenters. The molecule has 0 aromatic carbocycles. The molecule has 0 saturated heterocycles. The third-order valence-corrected chi connectivity index (χ3v) is 2.52. The van der Waals surface area contributed by atoms with E-state index in [0.717, 1.165) is 0 Å². The number of hydrogen-bond donors (Lipinski definition) is 4. The van der Waals surface area contributed by atoms with Crippen molar-refractivity contribution < 1.29 is 38.4 Å². The molecule has 0 aromatic heterocycles. The van der Waals surface area contributed by atoms with Crippen molar-refractivity contribution in [3.05, 3.63) is 0 Å². The lowest BCUT2D eigenvalue weighted by Crippen LogP contribution is -2.44. The van der Waals surface area contributed by atoms with Gasteiger partial charge in [-0.1, -0.05) is 0 Å². The predicted molar refractivity (Wildman–Crippen MR) is 86.2 cm³/mol. The van der Waals surface area contributed by atoms with Gasteiger partial charge in [0.25, 0.3) is 0 Å². The fourth-order valence-corrected chi connectivity index (χ4v) is 1.50. The molecule has 4 N–H and O–H groups in total. The number of carbonyl (C=O) groups excluding carboxylic acids is 3. The van der Waals surface area contributed by atoms with E-state index < -0.39 is 24.4 Å². The zero-order valence-corrected chi connectivity index (χ0v) is 14.5. The van der Waals surface area contributed by atoms with Crippen molar-refractivity contribution in [3.63, 3.8) is 0 Å². The summed E-state index contributed by atoms with van der Waals surface area (Å²) >= 11 is 0. The third kappa shape index (κ3) is 13.8. The number of hydrogen-bond acceptors (Lipinski definition) is 8. The van der Waals surface area contributed by atoms with Crippen molar-refractivity contribution >= 4 is 18.3 Å². The maximum atomic E-state index is 11.7. The van der Waals surface area contributed by atoms with Crippen LogP contribution in [0.5, 0.6) is 0 Å². The number of nitrogens with one attached hydrogen (secondary N) is 3. The Morgan fingerprint density at radius 2 is 1.44 bits per heavy atom. The van der Waals surface area contributed by atoms with Crippen LogP contribution in [0.3, 0.4) is 0 Å². The molecule has 0 spiro atoms. The molecular formula is C14H27N3O8. The molecule has 0 fully saturated rings. The van der Waals surface area contributed by atoms with Crippen LogP contribution in [0.15, 0.2) is 0 Å². The van der Waals surface area contributed by atoms with Crippen molar-refractivity contribution in [1.82, 2.24) is 16.0 Å². The first-order chi connectivity index (χ1) is 12.0. The first-order valence-electron chi connectivity index (χ1n) is 7.97. The van der Waals surface area contributed by atoms with Crippen LogP contribution in [-0.2, 0) is 18.9 Å². The molecule has 146 valence electrons. The lowest BCUT2D eigenvalue weighted by molar-refractivity contribution is 0.0773. The van der Waals surface area contributed by atoms with Crippen molar-refractivity contribution in [1.29, 1.82) is 0 Å². The maximum absolute atomic E-state index is 11.7. The van der Waals surface area contributed by atoms with E-state index >= 15 is 0 Å². The normalized spacial score (nSPS) is 10.1. The minimum Gasteiger partial charge on any atom is -0.450 e. The number of aliphatic hydroxyl groups excluding tert-OH is 1. The highest BCUT2D eigenvalue weighted by Crippen LogP contribution is 1.93. The molecule has 0 heterocycles. The molecule has 0 atom stereocenters. The van der Waals surface area contributed by atoms with Crippen molar-refractivity contribution in [2.45, 2.75) is 20.0 Å². The minimum atomic E-state index is -0.827. The Kier molecular flexibility index (Phi) is 13.9. The summed E-state index contributed by atoms with van der Waals surface area (Å²) in [6.07, 6.45) is -2.89. The fourth-order valence-electron chi connectivity index (χ4n) is 1.50. The lowest BCUT2D eigenvalue weighted by atomic mass is 10.3. The standard InChI is InChI=1S/C14H27N3O8/c1-3-23-12(19)16-9-11(10-17-13(20)24-4-2)25-14(21)15-5-7-22-8-6-18/h11,18H,3-10H2,1-2H3,(H,15,21)(H,16,19)(H,17,20). The highest BCUT2D eigenvalue weighted by Gasteiger charge is 2.17. The summed E-state index contributed by atoms with van der Waals surface area (Å²) in [6, 6.07) is 0. The van der Waals surface area contributed by atoms with Gasteiger partial charge in [-0.05, 0) is 13.8 Å². The maximum Gasteiger partial charge on any atom is 0.407 e.